The number of hydrogen-bond acceptors (Lipinski definition) is 4. The second-order valence-corrected chi connectivity index (χ2v) is 6.88. The Labute approximate surface area is 159 Å². The molecule has 0 radical (unpaired) electrons. The zero-order chi connectivity index (χ0) is 19.6. The molecule has 3 rings (SSSR count). The zero-order valence-corrected chi connectivity index (χ0v) is 16.4. The Hall–Kier alpha value is -2.67. The molecule has 0 spiro atoms. The predicted octanol–water partition coefficient (Wildman–Crippen LogP) is 3.13. The van der Waals surface area contributed by atoms with Crippen molar-refractivity contribution in [1.82, 2.24) is 15.1 Å². The Bertz CT molecular complexity index is 858. The van der Waals surface area contributed by atoms with Gasteiger partial charge < -0.3 is 10.6 Å². The van der Waals surface area contributed by atoms with Crippen LogP contribution in [0.3, 0.4) is 0 Å². The van der Waals surface area contributed by atoms with E-state index in [2.05, 4.69) is 29.6 Å². The van der Waals surface area contributed by atoms with E-state index in [1.807, 2.05) is 31.2 Å². The third-order valence-corrected chi connectivity index (χ3v) is 4.94. The monoisotopic (exact) mass is 369 g/mol. The van der Waals surface area contributed by atoms with Gasteiger partial charge in [-0.1, -0.05) is 32.4 Å². The molecule has 2 N–H and O–H groups in total. The molecule has 1 aromatic heterocycles. The van der Waals surface area contributed by atoms with Crippen LogP contribution in [0.2, 0.25) is 0 Å². The van der Waals surface area contributed by atoms with Crippen molar-refractivity contribution in [2.75, 3.05) is 16.8 Å². The number of carbonyl (C=O) groups is 2. The molecule has 2 aromatic rings. The SMILES string of the molecule is CCCC(CC)NCC(=O)N1c2ccccc2NC(=O)c2c1c(C)nn2C. The van der Waals surface area contributed by atoms with Crippen molar-refractivity contribution < 1.29 is 9.59 Å². The number of nitrogens with one attached hydrogen (secondary N) is 2. The molecule has 0 fully saturated rings. The van der Waals surface area contributed by atoms with Crippen LogP contribution in [0.4, 0.5) is 17.1 Å². The lowest BCUT2D eigenvalue weighted by molar-refractivity contribution is -0.117. The summed E-state index contributed by atoms with van der Waals surface area (Å²) >= 11 is 0. The van der Waals surface area contributed by atoms with Crippen LogP contribution >= 0.6 is 0 Å². The topological polar surface area (TPSA) is 79.3 Å². The van der Waals surface area contributed by atoms with E-state index in [1.165, 1.54) is 4.68 Å². The highest BCUT2D eigenvalue weighted by Gasteiger charge is 2.34. The average molecular weight is 369 g/mol. The van der Waals surface area contributed by atoms with Gasteiger partial charge in [0.15, 0.2) is 5.69 Å². The molecule has 0 saturated heterocycles. The minimum absolute atomic E-state index is 0.106. The Morgan fingerprint density at radius 2 is 2.04 bits per heavy atom. The van der Waals surface area contributed by atoms with Crippen molar-refractivity contribution in [3.8, 4) is 0 Å². The second-order valence-electron chi connectivity index (χ2n) is 6.88. The van der Waals surface area contributed by atoms with E-state index >= 15 is 0 Å². The summed E-state index contributed by atoms with van der Waals surface area (Å²) in [7, 11) is 1.72. The highest BCUT2D eigenvalue weighted by atomic mass is 16.2. The van der Waals surface area contributed by atoms with Gasteiger partial charge in [-0.05, 0) is 31.9 Å². The molecule has 1 aromatic carbocycles. The van der Waals surface area contributed by atoms with Crippen LogP contribution < -0.4 is 15.5 Å². The van der Waals surface area contributed by atoms with Crippen LogP contribution in [0, 0.1) is 6.92 Å². The number of rotatable bonds is 6. The normalized spacial score (nSPS) is 14.2. The van der Waals surface area contributed by atoms with Crippen LogP contribution in [0.5, 0.6) is 0 Å². The van der Waals surface area contributed by atoms with Gasteiger partial charge in [0.2, 0.25) is 5.91 Å². The second kappa shape index (κ2) is 7.92. The number of benzene rings is 1. The largest absolute Gasteiger partial charge is 0.319 e. The lowest BCUT2D eigenvalue weighted by Crippen LogP contribution is -2.40. The molecule has 0 saturated carbocycles. The zero-order valence-electron chi connectivity index (χ0n) is 16.4. The summed E-state index contributed by atoms with van der Waals surface area (Å²) in [5.74, 6) is -0.368. The minimum Gasteiger partial charge on any atom is -0.319 e. The van der Waals surface area contributed by atoms with Crippen LogP contribution in [0.15, 0.2) is 24.3 Å². The van der Waals surface area contributed by atoms with Crippen LogP contribution in [-0.4, -0.2) is 34.2 Å². The van der Waals surface area contributed by atoms with E-state index in [-0.39, 0.29) is 18.4 Å². The third kappa shape index (κ3) is 3.60. The van der Waals surface area contributed by atoms with Crippen molar-refractivity contribution in [1.29, 1.82) is 0 Å². The first-order valence-corrected chi connectivity index (χ1v) is 9.48. The van der Waals surface area contributed by atoms with Gasteiger partial charge in [-0.15, -0.1) is 0 Å². The number of hydrogen-bond donors (Lipinski definition) is 2. The molecular formula is C20H27N5O2. The number of para-hydroxylation sites is 2. The van der Waals surface area contributed by atoms with Crippen molar-refractivity contribution in [2.45, 2.75) is 46.1 Å². The summed E-state index contributed by atoms with van der Waals surface area (Å²) in [6.45, 7) is 6.28. The van der Waals surface area contributed by atoms with E-state index in [0.29, 0.717) is 34.5 Å². The molecule has 0 aliphatic carbocycles. The average Bonchev–Trinajstić information content (AvgIpc) is 2.86. The summed E-state index contributed by atoms with van der Waals surface area (Å²) < 4.78 is 1.53. The molecule has 1 aliphatic heterocycles. The number of amides is 2. The fourth-order valence-electron chi connectivity index (χ4n) is 3.61. The first-order valence-electron chi connectivity index (χ1n) is 9.48. The maximum Gasteiger partial charge on any atom is 0.276 e. The molecule has 7 nitrogen and oxygen atoms in total. The Morgan fingerprint density at radius 1 is 1.30 bits per heavy atom. The van der Waals surface area contributed by atoms with Crippen molar-refractivity contribution >= 4 is 28.9 Å². The van der Waals surface area contributed by atoms with Gasteiger partial charge in [0.1, 0.15) is 5.69 Å². The van der Waals surface area contributed by atoms with E-state index in [0.717, 1.165) is 19.3 Å². The van der Waals surface area contributed by atoms with Gasteiger partial charge in [-0.2, -0.15) is 5.10 Å². The van der Waals surface area contributed by atoms with Gasteiger partial charge in [0, 0.05) is 13.1 Å². The molecule has 27 heavy (non-hydrogen) atoms. The van der Waals surface area contributed by atoms with Crippen molar-refractivity contribution in [2.24, 2.45) is 7.05 Å². The Morgan fingerprint density at radius 3 is 2.74 bits per heavy atom. The number of fused-ring (bicyclic) bond motifs is 2. The van der Waals surface area contributed by atoms with Crippen LogP contribution in [-0.2, 0) is 11.8 Å². The molecule has 2 amide bonds. The molecule has 1 aliphatic rings. The van der Waals surface area contributed by atoms with Gasteiger partial charge in [0.05, 0.1) is 23.6 Å². The molecule has 144 valence electrons. The molecule has 1 atom stereocenters. The van der Waals surface area contributed by atoms with Gasteiger partial charge in [-0.3, -0.25) is 19.2 Å². The van der Waals surface area contributed by atoms with Crippen molar-refractivity contribution in [3.05, 3.63) is 35.7 Å². The number of aromatic nitrogens is 2. The lowest BCUT2D eigenvalue weighted by atomic mass is 10.1. The maximum atomic E-state index is 13.3. The van der Waals surface area contributed by atoms with Crippen LogP contribution in [0.25, 0.3) is 0 Å². The fraction of sp³-hybridized carbons (Fsp3) is 0.450. The smallest absolute Gasteiger partial charge is 0.276 e. The highest BCUT2D eigenvalue weighted by molar-refractivity contribution is 6.17. The van der Waals surface area contributed by atoms with E-state index in [1.54, 1.807) is 11.9 Å². The van der Waals surface area contributed by atoms with Gasteiger partial charge in [0.25, 0.3) is 5.91 Å². The lowest BCUT2D eigenvalue weighted by Gasteiger charge is -2.24. The Kier molecular flexibility index (Phi) is 5.60. The molecule has 0 bridgehead atoms. The summed E-state index contributed by atoms with van der Waals surface area (Å²) in [6.07, 6.45) is 3.06. The molecule has 1 unspecified atom stereocenters. The van der Waals surface area contributed by atoms with E-state index in [4.69, 9.17) is 0 Å². The van der Waals surface area contributed by atoms with Gasteiger partial charge >= 0.3 is 0 Å². The first-order chi connectivity index (χ1) is 13.0. The number of carbonyl (C=O) groups excluding carboxylic acids is 2. The van der Waals surface area contributed by atoms with Crippen LogP contribution in [0.1, 0.15) is 49.3 Å². The molecular weight excluding hydrogens is 342 g/mol. The number of nitrogens with zero attached hydrogens (tertiary/aromatic N) is 3. The van der Waals surface area contributed by atoms with E-state index in [9.17, 15) is 9.59 Å². The van der Waals surface area contributed by atoms with Crippen molar-refractivity contribution in [3.63, 3.8) is 0 Å². The predicted molar refractivity (Wildman–Crippen MR) is 106 cm³/mol. The van der Waals surface area contributed by atoms with E-state index < -0.39 is 0 Å². The number of aryl methyl sites for hydroxylation is 2. The first kappa shape index (κ1) is 19.1. The third-order valence-electron chi connectivity index (χ3n) is 4.94. The standard InChI is InChI=1S/C20H27N5O2/c1-5-9-14(6-2)21-12-17(26)25-16-11-8-7-10-15(16)22-20(27)19-18(25)13(3)23-24(19)4/h7-8,10-11,14,21H,5-6,9,12H2,1-4H3,(H,22,27). The fourth-order valence-corrected chi connectivity index (χ4v) is 3.61. The molecule has 7 heteroatoms. The minimum atomic E-state index is -0.263. The summed E-state index contributed by atoms with van der Waals surface area (Å²) in [5.41, 5.74) is 2.87. The molecule has 2 heterocycles. The van der Waals surface area contributed by atoms with Gasteiger partial charge in [-0.25, -0.2) is 0 Å². The summed E-state index contributed by atoms with van der Waals surface area (Å²) in [5, 5.41) is 10.6. The summed E-state index contributed by atoms with van der Waals surface area (Å²) in [4.78, 5) is 27.6. The maximum absolute atomic E-state index is 13.3. The Balaban J connectivity index is 2.02. The highest BCUT2D eigenvalue weighted by Crippen LogP contribution is 2.39. The quantitative estimate of drug-likeness (QED) is 0.820. The summed E-state index contributed by atoms with van der Waals surface area (Å²) in [6, 6.07) is 7.66. The number of anilines is 3.